The lowest BCUT2D eigenvalue weighted by molar-refractivity contribution is 0.0922. The molecule has 1 unspecified atom stereocenters. The molecule has 2 rings (SSSR count). The van der Waals surface area contributed by atoms with E-state index < -0.39 is 5.82 Å². The van der Waals surface area contributed by atoms with Crippen molar-refractivity contribution >= 4 is 5.91 Å². The molecule has 5 heteroatoms. The monoisotopic (exact) mass is 266 g/mol. The molecule has 0 radical (unpaired) electrons. The molecule has 0 aliphatic carbocycles. The molecule has 1 saturated heterocycles. The van der Waals surface area contributed by atoms with Crippen LogP contribution in [0.15, 0.2) is 18.2 Å². The van der Waals surface area contributed by atoms with Crippen LogP contribution in [0.5, 0.6) is 5.75 Å². The van der Waals surface area contributed by atoms with E-state index in [4.69, 9.17) is 0 Å². The first-order valence-electron chi connectivity index (χ1n) is 6.48. The summed E-state index contributed by atoms with van der Waals surface area (Å²) in [5.41, 5.74) is 0.137. The first kappa shape index (κ1) is 13.8. The molecular weight excluding hydrogens is 247 g/mol. The minimum Gasteiger partial charge on any atom is -0.507 e. The third-order valence-corrected chi connectivity index (χ3v) is 3.57. The normalized spacial score (nSPS) is 23.1. The van der Waals surface area contributed by atoms with Gasteiger partial charge in [-0.25, -0.2) is 4.39 Å². The van der Waals surface area contributed by atoms with Crippen LogP contribution < -0.4 is 10.6 Å². The molecule has 0 saturated carbocycles. The fourth-order valence-electron chi connectivity index (χ4n) is 2.36. The Balaban J connectivity index is 1.97. The number of halogens is 1. The summed E-state index contributed by atoms with van der Waals surface area (Å²) in [7, 11) is 0. The Labute approximate surface area is 112 Å². The summed E-state index contributed by atoms with van der Waals surface area (Å²) in [6.07, 6.45) is 2.14. The zero-order valence-corrected chi connectivity index (χ0v) is 11.0. The third-order valence-electron chi connectivity index (χ3n) is 3.57. The van der Waals surface area contributed by atoms with Gasteiger partial charge in [-0.05, 0) is 36.9 Å². The van der Waals surface area contributed by atoms with E-state index in [1.54, 1.807) is 0 Å². The highest BCUT2D eigenvalue weighted by molar-refractivity contribution is 5.96. The van der Waals surface area contributed by atoms with Crippen molar-refractivity contribution in [1.29, 1.82) is 0 Å². The summed E-state index contributed by atoms with van der Waals surface area (Å²) in [5.74, 6) is -1.26. The van der Waals surface area contributed by atoms with Crippen LogP contribution in [0, 0.1) is 11.2 Å². The number of carbonyl (C=O) groups is 1. The summed E-state index contributed by atoms with van der Waals surface area (Å²) < 4.78 is 12.8. The molecule has 1 aliphatic rings. The Morgan fingerprint density at radius 2 is 2.37 bits per heavy atom. The molecule has 19 heavy (non-hydrogen) atoms. The van der Waals surface area contributed by atoms with E-state index in [-0.39, 0.29) is 22.6 Å². The van der Waals surface area contributed by atoms with Gasteiger partial charge in [-0.2, -0.15) is 0 Å². The van der Waals surface area contributed by atoms with Crippen molar-refractivity contribution in [2.45, 2.75) is 19.8 Å². The molecule has 4 nitrogen and oxygen atoms in total. The van der Waals surface area contributed by atoms with Crippen LogP contribution in [0.25, 0.3) is 0 Å². The lowest BCUT2D eigenvalue weighted by Crippen LogP contribution is -2.45. The van der Waals surface area contributed by atoms with Crippen LogP contribution in [0.3, 0.4) is 0 Å². The molecule has 0 bridgehead atoms. The second kappa shape index (κ2) is 5.57. The zero-order valence-electron chi connectivity index (χ0n) is 11.0. The maximum absolute atomic E-state index is 12.8. The average Bonchev–Trinajstić information content (AvgIpc) is 2.37. The number of piperidine rings is 1. The van der Waals surface area contributed by atoms with Crippen LogP contribution in [0.4, 0.5) is 4.39 Å². The van der Waals surface area contributed by atoms with Crippen molar-refractivity contribution < 1.29 is 14.3 Å². The summed E-state index contributed by atoms with van der Waals surface area (Å²) in [6.45, 7) is 4.53. The number of hydrogen-bond donors (Lipinski definition) is 3. The molecule has 104 valence electrons. The summed E-state index contributed by atoms with van der Waals surface area (Å²) in [6, 6.07) is 3.40. The lowest BCUT2D eigenvalue weighted by Gasteiger charge is -2.34. The minimum absolute atomic E-state index is 0.0313. The van der Waals surface area contributed by atoms with E-state index in [2.05, 4.69) is 17.6 Å². The van der Waals surface area contributed by atoms with Gasteiger partial charge >= 0.3 is 0 Å². The minimum atomic E-state index is -0.558. The third kappa shape index (κ3) is 3.44. The lowest BCUT2D eigenvalue weighted by atomic mass is 9.83. The number of hydrogen-bond acceptors (Lipinski definition) is 3. The van der Waals surface area contributed by atoms with Crippen molar-refractivity contribution in [3.05, 3.63) is 29.6 Å². The highest BCUT2D eigenvalue weighted by Gasteiger charge is 2.27. The second-order valence-corrected chi connectivity index (χ2v) is 5.44. The molecule has 1 aromatic carbocycles. The topological polar surface area (TPSA) is 61.4 Å². The molecule has 3 N–H and O–H groups in total. The largest absolute Gasteiger partial charge is 0.507 e. The molecule has 1 aliphatic heterocycles. The number of amides is 1. The maximum Gasteiger partial charge on any atom is 0.255 e. The van der Waals surface area contributed by atoms with E-state index in [9.17, 15) is 14.3 Å². The summed E-state index contributed by atoms with van der Waals surface area (Å²) in [4.78, 5) is 11.9. The van der Waals surface area contributed by atoms with Gasteiger partial charge in [0.25, 0.3) is 5.91 Å². The molecular formula is C14H19FN2O2. The fraction of sp³-hybridized carbons (Fsp3) is 0.500. The molecule has 1 heterocycles. The van der Waals surface area contributed by atoms with Gasteiger partial charge in [0, 0.05) is 19.2 Å². The van der Waals surface area contributed by atoms with E-state index in [1.165, 1.54) is 12.1 Å². The molecule has 0 spiro atoms. The zero-order chi connectivity index (χ0) is 13.9. The number of aromatic hydroxyl groups is 1. The standard InChI is InChI=1S/C14H19FN2O2/c1-14(5-2-6-16-8-14)9-17-13(19)11-4-3-10(15)7-12(11)18/h3-4,7,16,18H,2,5-6,8-9H2,1H3,(H,17,19). The van der Waals surface area contributed by atoms with Crippen molar-refractivity contribution in [2.24, 2.45) is 5.41 Å². The fourth-order valence-corrected chi connectivity index (χ4v) is 2.36. The predicted octanol–water partition coefficient (Wildman–Crippen LogP) is 1.65. The van der Waals surface area contributed by atoms with Gasteiger partial charge in [0.15, 0.2) is 0 Å². The maximum atomic E-state index is 12.8. The molecule has 1 aromatic rings. The van der Waals surface area contributed by atoms with E-state index in [0.717, 1.165) is 32.0 Å². The van der Waals surface area contributed by atoms with Crippen LogP contribution >= 0.6 is 0 Å². The quantitative estimate of drug-likeness (QED) is 0.779. The Morgan fingerprint density at radius 1 is 1.58 bits per heavy atom. The smallest absolute Gasteiger partial charge is 0.255 e. The van der Waals surface area contributed by atoms with E-state index in [0.29, 0.717) is 6.54 Å². The Morgan fingerprint density at radius 3 is 3.00 bits per heavy atom. The highest BCUT2D eigenvalue weighted by Crippen LogP contribution is 2.25. The molecule has 1 fully saturated rings. The van der Waals surface area contributed by atoms with E-state index in [1.807, 2.05) is 0 Å². The van der Waals surface area contributed by atoms with Gasteiger partial charge < -0.3 is 15.7 Å². The summed E-state index contributed by atoms with van der Waals surface area (Å²) >= 11 is 0. The van der Waals surface area contributed by atoms with Gasteiger partial charge in [0.2, 0.25) is 0 Å². The molecule has 0 aromatic heterocycles. The van der Waals surface area contributed by atoms with Crippen molar-refractivity contribution in [2.75, 3.05) is 19.6 Å². The van der Waals surface area contributed by atoms with Crippen LogP contribution in [0.1, 0.15) is 30.1 Å². The number of carbonyl (C=O) groups excluding carboxylic acids is 1. The van der Waals surface area contributed by atoms with Gasteiger partial charge in [-0.15, -0.1) is 0 Å². The number of nitrogens with one attached hydrogen (secondary N) is 2. The summed E-state index contributed by atoms with van der Waals surface area (Å²) in [5, 5.41) is 15.7. The first-order valence-corrected chi connectivity index (χ1v) is 6.48. The molecule has 1 amide bonds. The number of benzene rings is 1. The van der Waals surface area contributed by atoms with Crippen LogP contribution in [-0.2, 0) is 0 Å². The molecule has 1 atom stereocenters. The van der Waals surface area contributed by atoms with Crippen LogP contribution in [0.2, 0.25) is 0 Å². The SMILES string of the molecule is CC1(CNC(=O)c2ccc(F)cc2O)CCCNC1. The van der Waals surface area contributed by atoms with Gasteiger partial charge in [0.1, 0.15) is 11.6 Å². The average molecular weight is 266 g/mol. The highest BCUT2D eigenvalue weighted by atomic mass is 19.1. The van der Waals surface area contributed by atoms with Crippen molar-refractivity contribution in [3.63, 3.8) is 0 Å². The second-order valence-electron chi connectivity index (χ2n) is 5.44. The van der Waals surface area contributed by atoms with E-state index >= 15 is 0 Å². The van der Waals surface area contributed by atoms with Gasteiger partial charge in [0.05, 0.1) is 5.56 Å². The van der Waals surface area contributed by atoms with Crippen LogP contribution in [-0.4, -0.2) is 30.6 Å². The number of phenolic OH excluding ortho intramolecular Hbond substituents is 1. The van der Waals surface area contributed by atoms with Crippen molar-refractivity contribution in [1.82, 2.24) is 10.6 Å². The van der Waals surface area contributed by atoms with Gasteiger partial charge in [-0.1, -0.05) is 6.92 Å². The number of rotatable bonds is 3. The Hall–Kier alpha value is -1.62. The Bertz CT molecular complexity index is 471. The predicted molar refractivity (Wildman–Crippen MR) is 70.6 cm³/mol. The van der Waals surface area contributed by atoms with Crippen molar-refractivity contribution in [3.8, 4) is 5.75 Å². The van der Waals surface area contributed by atoms with Gasteiger partial charge in [-0.3, -0.25) is 4.79 Å². The first-order chi connectivity index (χ1) is 9.00. The Kier molecular flexibility index (Phi) is 4.04. The number of phenols is 1.